The Bertz CT molecular complexity index is 659. The Kier molecular flexibility index (Phi) is 5.77. The zero-order chi connectivity index (χ0) is 15.8. The van der Waals surface area contributed by atoms with Crippen LogP contribution in [0.2, 0.25) is 0 Å². The van der Waals surface area contributed by atoms with Gasteiger partial charge in [0, 0.05) is 18.8 Å². The van der Waals surface area contributed by atoms with Crippen LogP contribution in [-0.2, 0) is 6.42 Å². The third kappa shape index (κ3) is 4.48. The Morgan fingerprint density at radius 1 is 1.18 bits per heavy atom. The van der Waals surface area contributed by atoms with Gasteiger partial charge in [0.2, 0.25) is 5.56 Å². The lowest BCUT2D eigenvalue weighted by molar-refractivity contribution is 0.0952. The van der Waals surface area contributed by atoms with Crippen LogP contribution in [0, 0.1) is 0 Å². The summed E-state index contributed by atoms with van der Waals surface area (Å²) in [6.07, 6.45) is 4.18. The number of aromatic nitrogens is 1. The molecule has 5 nitrogen and oxygen atoms in total. The zero-order valence-electron chi connectivity index (χ0n) is 12.6. The molecule has 0 aliphatic carbocycles. The quantitative estimate of drug-likeness (QED) is 0.770. The summed E-state index contributed by atoms with van der Waals surface area (Å²) < 4.78 is 5.31. The van der Waals surface area contributed by atoms with E-state index < -0.39 is 0 Å². The van der Waals surface area contributed by atoms with Gasteiger partial charge in [0.1, 0.15) is 5.75 Å². The van der Waals surface area contributed by atoms with E-state index in [1.54, 1.807) is 7.11 Å². The van der Waals surface area contributed by atoms with Crippen LogP contribution in [0.5, 0.6) is 5.75 Å². The average molecular weight is 300 g/mol. The second-order valence-electron chi connectivity index (χ2n) is 4.97. The third-order valence-electron chi connectivity index (χ3n) is 3.40. The summed E-state index contributed by atoms with van der Waals surface area (Å²) in [6.45, 7) is 0.604. The topological polar surface area (TPSA) is 71.2 Å². The number of nitrogens with one attached hydrogen (secondary N) is 2. The fraction of sp³-hybridized carbons (Fsp3) is 0.294. The maximum Gasteiger partial charge on any atom is 0.252 e. The maximum absolute atomic E-state index is 11.8. The summed E-state index contributed by atoms with van der Waals surface area (Å²) in [5.74, 6) is 0.730. The molecule has 0 unspecified atom stereocenters. The molecule has 0 fully saturated rings. The summed E-state index contributed by atoms with van der Waals surface area (Å²) >= 11 is 0. The molecule has 1 heterocycles. The first kappa shape index (κ1) is 15.8. The molecule has 0 atom stereocenters. The van der Waals surface area contributed by atoms with Gasteiger partial charge in [0.25, 0.3) is 5.91 Å². The van der Waals surface area contributed by atoms with Gasteiger partial charge in [-0.3, -0.25) is 9.59 Å². The molecule has 0 bridgehead atoms. The number of aryl methyl sites for hydroxylation is 1. The van der Waals surface area contributed by atoms with Gasteiger partial charge in [-0.1, -0.05) is 18.2 Å². The van der Waals surface area contributed by atoms with Crippen molar-refractivity contribution in [3.8, 4) is 5.75 Å². The second-order valence-corrected chi connectivity index (χ2v) is 4.97. The molecular weight excluding hydrogens is 280 g/mol. The van der Waals surface area contributed by atoms with Gasteiger partial charge in [-0.05, 0) is 37.0 Å². The van der Waals surface area contributed by atoms with E-state index in [4.69, 9.17) is 4.74 Å². The molecule has 1 aromatic heterocycles. The molecule has 0 radical (unpaired) electrons. The number of hydrogen-bond acceptors (Lipinski definition) is 3. The van der Waals surface area contributed by atoms with Crippen LogP contribution in [0.4, 0.5) is 0 Å². The molecule has 22 heavy (non-hydrogen) atoms. The summed E-state index contributed by atoms with van der Waals surface area (Å²) in [7, 11) is 1.67. The number of carbonyl (C=O) groups excluding carboxylic acids is 1. The Hall–Kier alpha value is -2.56. The van der Waals surface area contributed by atoms with Gasteiger partial charge in [-0.2, -0.15) is 0 Å². The fourth-order valence-electron chi connectivity index (χ4n) is 2.21. The maximum atomic E-state index is 11.8. The number of benzene rings is 1. The molecule has 1 amide bonds. The standard InChI is InChI=1S/C17H20N2O3/c1-22-15-8-3-2-6-13(15)7-4-5-11-18-17(21)14-9-10-16(20)19-12-14/h2-3,6,8-10,12H,4-5,7,11H2,1H3,(H,18,21)(H,19,20). The van der Waals surface area contributed by atoms with Crippen LogP contribution in [0.1, 0.15) is 28.8 Å². The lowest BCUT2D eigenvalue weighted by atomic mass is 10.1. The van der Waals surface area contributed by atoms with Crippen molar-refractivity contribution in [3.63, 3.8) is 0 Å². The summed E-state index contributed by atoms with van der Waals surface area (Å²) in [5, 5.41) is 2.84. The normalized spacial score (nSPS) is 10.2. The molecule has 0 saturated heterocycles. The van der Waals surface area contributed by atoms with Crippen molar-refractivity contribution in [1.82, 2.24) is 10.3 Å². The van der Waals surface area contributed by atoms with E-state index in [9.17, 15) is 9.59 Å². The van der Waals surface area contributed by atoms with Crippen molar-refractivity contribution in [2.24, 2.45) is 0 Å². The number of rotatable bonds is 7. The Balaban J connectivity index is 1.72. The smallest absolute Gasteiger partial charge is 0.252 e. The molecule has 5 heteroatoms. The third-order valence-corrected chi connectivity index (χ3v) is 3.40. The molecule has 0 aliphatic rings. The number of ether oxygens (including phenoxy) is 1. The van der Waals surface area contributed by atoms with Crippen molar-refractivity contribution >= 4 is 5.91 Å². The van der Waals surface area contributed by atoms with Gasteiger partial charge >= 0.3 is 0 Å². The number of carbonyl (C=O) groups is 1. The number of unbranched alkanes of at least 4 members (excludes halogenated alkanes) is 1. The molecule has 0 aliphatic heterocycles. The molecule has 1 aromatic carbocycles. The van der Waals surface area contributed by atoms with E-state index in [2.05, 4.69) is 16.4 Å². The monoisotopic (exact) mass is 300 g/mol. The van der Waals surface area contributed by atoms with E-state index in [0.29, 0.717) is 12.1 Å². The number of methoxy groups -OCH3 is 1. The van der Waals surface area contributed by atoms with Crippen molar-refractivity contribution < 1.29 is 9.53 Å². The number of hydrogen-bond donors (Lipinski definition) is 2. The van der Waals surface area contributed by atoms with E-state index in [-0.39, 0.29) is 11.5 Å². The predicted octanol–water partition coefficient (Wildman–Crippen LogP) is 2.14. The summed E-state index contributed by atoms with van der Waals surface area (Å²) in [4.78, 5) is 25.3. The van der Waals surface area contributed by atoms with E-state index in [0.717, 1.165) is 25.0 Å². The number of para-hydroxylation sites is 1. The first-order valence-electron chi connectivity index (χ1n) is 7.29. The summed E-state index contributed by atoms with van der Waals surface area (Å²) in [6, 6.07) is 10.8. The molecule has 116 valence electrons. The van der Waals surface area contributed by atoms with E-state index in [1.165, 1.54) is 23.9 Å². The molecule has 2 N–H and O–H groups in total. The van der Waals surface area contributed by atoms with Gasteiger partial charge in [-0.15, -0.1) is 0 Å². The van der Waals surface area contributed by atoms with Crippen LogP contribution < -0.4 is 15.6 Å². The minimum atomic E-state index is -0.214. The molecule has 2 aromatic rings. The highest BCUT2D eigenvalue weighted by Gasteiger charge is 2.05. The van der Waals surface area contributed by atoms with Crippen molar-refractivity contribution in [2.45, 2.75) is 19.3 Å². The first-order valence-corrected chi connectivity index (χ1v) is 7.29. The zero-order valence-corrected chi connectivity index (χ0v) is 12.6. The van der Waals surface area contributed by atoms with Crippen LogP contribution in [0.15, 0.2) is 47.4 Å². The van der Waals surface area contributed by atoms with Gasteiger partial charge in [0.05, 0.1) is 12.7 Å². The highest BCUT2D eigenvalue weighted by molar-refractivity contribution is 5.93. The number of pyridine rings is 1. The highest BCUT2D eigenvalue weighted by atomic mass is 16.5. The molecule has 0 spiro atoms. The SMILES string of the molecule is COc1ccccc1CCCCNC(=O)c1ccc(=O)[nH]c1. The van der Waals surface area contributed by atoms with E-state index >= 15 is 0 Å². The van der Waals surface area contributed by atoms with Crippen LogP contribution in [0.3, 0.4) is 0 Å². The largest absolute Gasteiger partial charge is 0.496 e. The first-order chi connectivity index (χ1) is 10.7. The van der Waals surface area contributed by atoms with Crippen LogP contribution in [-0.4, -0.2) is 24.5 Å². The second kappa shape index (κ2) is 8.02. The van der Waals surface area contributed by atoms with Gasteiger partial charge in [0.15, 0.2) is 0 Å². The minimum absolute atomic E-state index is 0.173. The minimum Gasteiger partial charge on any atom is -0.496 e. The predicted molar refractivity (Wildman–Crippen MR) is 85.3 cm³/mol. The summed E-state index contributed by atoms with van der Waals surface area (Å²) in [5.41, 5.74) is 1.43. The van der Waals surface area contributed by atoms with Gasteiger partial charge in [-0.25, -0.2) is 0 Å². The number of aromatic amines is 1. The lowest BCUT2D eigenvalue weighted by Gasteiger charge is -2.08. The van der Waals surface area contributed by atoms with Crippen LogP contribution >= 0.6 is 0 Å². The lowest BCUT2D eigenvalue weighted by Crippen LogP contribution is -2.25. The molecular formula is C17H20N2O3. The van der Waals surface area contributed by atoms with Crippen molar-refractivity contribution in [2.75, 3.05) is 13.7 Å². The Labute approximate surface area is 129 Å². The van der Waals surface area contributed by atoms with Crippen LogP contribution in [0.25, 0.3) is 0 Å². The van der Waals surface area contributed by atoms with Crippen molar-refractivity contribution in [1.29, 1.82) is 0 Å². The average Bonchev–Trinajstić information content (AvgIpc) is 2.55. The number of H-pyrrole nitrogens is 1. The fourth-order valence-corrected chi connectivity index (χ4v) is 2.21. The highest BCUT2D eigenvalue weighted by Crippen LogP contribution is 2.19. The van der Waals surface area contributed by atoms with Gasteiger partial charge < -0.3 is 15.0 Å². The molecule has 2 rings (SSSR count). The Morgan fingerprint density at radius 2 is 2.00 bits per heavy atom. The van der Waals surface area contributed by atoms with Crippen molar-refractivity contribution in [3.05, 3.63) is 64.1 Å². The Morgan fingerprint density at radius 3 is 2.73 bits per heavy atom. The number of amides is 1. The molecule has 0 saturated carbocycles. The van der Waals surface area contributed by atoms with E-state index in [1.807, 2.05) is 18.2 Å².